The van der Waals surface area contributed by atoms with Crippen LogP contribution in [0.2, 0.25) is 0 Å². The second kappa shape index (κ2) is 8.19. The number of amides is 1. The fraction of sp³-hybridized carbons (Fsp3) is 0.471. The average Bonchev–Trinajstić information content (AvgIpc) is 2.56. The summed E-state index contributed by atoms with van der Waals surface area (Å²) < 4.78 is 49.0. The Morgan fingerprint density at radius 3 is 2.71 bits per heavy atom. The third-order valence-electron chi connectivity index (χ3n) is 3.75. The summed E-state index contributed by atoms with van der Waals surface area (Å²) >= 11 is 0. The van der Waals surface area contributed by atoms with Crippen LogP contribution in [0.4, 0.5) is 18.9 Å². The van der Waals surface area contributed by atoms with Crippen molar-refractivity contribution in [3.63, 3.8) is 0 Å². The zero-order valence-electron chi connectivity index (χ0n) is 13.4. The molecule has 7 heteroatoms. The van der Waals surface area contributed by atoms with E-state index in [1.165, 1.54) is 13.2 Å². The molecule has 1 aliphatic carbocycles. The Morgan fingerprint density at radius 1 is 1.29 bits per heavy atom. The Balaban J connectivity index is 2.19. The van der Waals surface area contributed by atoms with Gasteiger partial charge >= 0.3 is 6.18 Å². The lowest BCUT2D eigenvalue weighted by Gasteiger charge is -2.20. The van der Waals surface area contributed by atoms with Gasteiger partial charge in [-0.25, -0.2) is 0 Å². The summed E-state index contributed by atoms with van der Waals surface area (Å²) in [5.74, 6) is -0.341. The zero-order chi connectivity index (χ0) is 17.6. The molecule has 0 heterocycles. The summed E-state index contributed by atoms with van der Waals surface area (Å²) in [7, 11) is 1.50. The van der Waals surface area contributed by atoms with Gasteiger partial charge < -0.3 is 14.8 Å². The Kier molecular flexibility index (Phi) is 6.25. The summed E-state index contributed by atoms with van der Waals surface area (Å²) in [6.07, 6.45) is 1.48. The Labute approximate surface area is 138 Å². The minimum atomic E-state index is -4.49. The molecule has 0 spiro atoms. The predicted molar refractivity (Wildman–Crippen MR) is 83.9 cm³/mol. The number of nitrogens with one attached hydrogen (secondary N) is 1. The van der Waals surface area contributed by atoms with Gasteiger partial charge in [0, 0.05) is 13.0 Å². The van der Waals surface area contributed by atoms with Crippen molar-refractivity contribution in [2.24, 2.45) is 5.92 Å². The third kappa shape index (κ3) is 4.99. The summed E-state index contributed by atoms with van der Waals surface area (Å²) in [6, 6.07) is 3.05. The molecule has 1 atom stereocenters. The number of carbonyl (C=O) groups excluding carboxylic acids is 1. The van der Waals surface area contributed by atoms with Gasteiger partial charge in [-0.3, -0.25) is 4.79 Å². The molecule has 0 saturated carbocycles. The van der Waals surface area contributed by atoms with Crippen LogP contribution in [0.5, 0.6) is 5.75 Å². The van der Waals surface area contributed by atoms with Crippen LogP contribution in [-0.4, -0.2) is 26.2 Å². The number of hydrogen-bond acceptors (Lipinski definition) is 3. The van der Waals surface area contributed by atoms with Gasteiger partial charge in [0.2, 0.25) is 5.91 Å². The van der Waals surface area contributed by atoms with Crippen molar-refractivity contribution in [3.8, 4) is 5.75 Å². The molecule has 1 aliphatic rings. The van der Waals surface area contributed by atoms with Crippen molar-refractivity contribution in [2.75, 3.05) is 25.6 Å². The SMILES string of the molecule is COCCOc1ccc(C(F)(F)F)cc1NC(=O)[C@H]1CC=CCC1. The number of benzene rings is 1. The molecule has 132 valence electrons. The molecule has 0 saturated heterocycles. The first-order valence-electron chi connectivity index (χ1n) is 7.70. The van der Waals surface area contributed by atoms with Crippen LogP contribution in [0, 0.1) is 5.92 Å². The number of anilines is 1. The molecule has 0 aromatic heterocycles. The van der Waals surface area contributed by atoms with Gasteiger partial charge in [-0.1, -0.05) is 12.2 Å². The van der Waals surface area contributed by atoms with E-state index in [4.69, 9.17) is 9.47 Å². The zero-order valence-corrected chi connectivity index (χ0v) is 13.4. The van der Waals surface area contributed by atoms with Crippen LogP contribution in [0.15, 0.2) is 30.4 Å². The van der Waals surface area contributed by atoms with E-state index in [-0.39, 0.29) is 29.9 Å². The predicted octanol–water partition coefficient (Wildman–Crippen LogP) is 4.03. The molecule has 0 radical (unpaired) electrons. The average molecular weight is 343 g/mol. The quantitative estimate of drug-likeness (QED) is 0.627. The van der Waals surface area contributed by atoms with E-state index in [1.54, 1.807) is 0 Å². The molecular weight excluding hydrogens is 323 g/mol. The van der Waals surface area contributed by atoms with Crippen molar-refractivity contribution in [2.45, 2.75) is 25.4 Å². The third-order valence-corrected chi connectivity index (χ3v) is 3.75. The molecule has 1 aromatic rings. The highest BCUT2D eigenvalue weighted by Crippen LogP contribution is 2.35. The van der Waals surface area contributed by atoms with Crippen molar-refractivity contribution >= 4 is 11.6 Å². The number of allylic oxidation sites excluding steroid dienone is 2. The smallest absolute Gasteiger partial charge is 0.416 e. The van der Waals surface area contributed by atoms with Crippen LogP contribution in [0.3, 0.4) is 0 Å². The molecule has 1 N–H and O–H groups in total. The van der Waals surface area contributed by atoms with Crippen LogP contribution in [0.1, 0.15) is 24.8 Å². The Bertz CT molecular complexity index is 599. The fourth-order valence-electron chi connectivity index (χ4n) is 2.43. The van der Waals surface area contributed by atoms with Gasteiger partial charge in [0.15, 0.2) is 0 Å². The molecular formula is C17H20F3NO3. The number of ether oxygens (including phenoxy) is 2. The van der Waals surface area contributed by atoms with Gasteiger partial charge in [0.25, 0.3) is 0 Å². The minimum absolute atomic E-state index is 0.0282. The number of alkyl halides is 3. The van der Waals surface area contributed by atoms with Gasteiger partial charge in [-0.15, -0.1) is 0 Å². The van der Waals surface area contributed by atoms with E-state index in [0.717, 1.165) is 18.6 Å². The number of rotatable bonds is 6. The highest BCUT2D eigenvalue weighted by Gasteiger charge is 2.31. The first-order valence-corrected chi connectivity index (χ1v) is 7.70. The number of hydrogen-bond donors (Lipinski definition) is 1. The molecule has 0 fully saturated rings. The van der Waals surface area contributed by atoms with Crippen LogP contribution >= 0.6 is 0 Å². The highest BCUT2D eigenvalue weighted by atomic mass is 19.4. The normalized spacial score (nSPS) is 17.6. The lowest BCUT2D eigenvalue weighted by Crippen LogP contribution is -2.24. The molecule has 4 nitrogen and oxygen atoms in total. The van der Waals surface area contributed by atoms with Crippen molar-refractivity contribution in [1.82, 2.24) is 0 Å². The highest BCUT2D eigenvalue weighted by molar-refractivity contribution is 5.94. The summed E-state index contributed by atoms with van der Waals surface area (Å²) in [4.78, 5) is 12.3. The van der Waals surface area contributed by atoms with Crippen molar-refractivity contribution in [3.05, 3.63) is 35.9 Å². The number of halogens is 3. The molecule has 0 aliphatic heterocycles. The van der Waals surface area contributed by atoms with Crippen LogP contribution in [0.25, 0.3) is 0 Å². The lowest BCUT2D eigenvalue weighted by atomic mass is 9.93. The number of carbonyl (C=O) groups is 1. The van der Waals surface area contributed by atoms with Crippen molar-refractivity contribution < 1.29 is 27.4 Å². The van der Waals surface area contributed by atoms with E-state index in [2.05, 4.69) is 5.32 Å². The maximum Gasteiger partial charge on any atom is 0.416 e. The van der Waals surface area contributed by atoms with E-state index in [1.807, 2.05) is 12.2 Å². The standard InChI is InChI=1S/C17H20F3NO3/c1-23-9-10-24-15-8-7-13(17(18,19)20)11-14(15)21-16(22)12-5-3-2-4-6-12/h2-3,7-8,11-12H,4-6,9-10H2,1H3,(H,21,22)/t12-/m0/s1. The fourth-order valence-corrected chi connectivity index (χ4v) is 2.43. The molecule has 24 heavy (non-hydrogen) atoms. The van der Waals surface area contributed by atoms with E-state index in [0.29, 0.717) is 19.4 Å². The molecule has 2 rings (SSSR count). The number of methoxy groups -OCH3 is 1. The molecule has 1 aromatic carbocycles. The van der Waals surface area contributed by atoms with Gasteiger partial charge in [-0.05, 0) is 37.5 Å². The molecule has 0 unspecified atom stereocenters. The van der Waals surface area contributed by atoms with Gasteiger partial charge in [-0.2, -0.15) is 13.2 Å². The van der Waals surface area contributed by atoms with Gasteiger partial charge in [0.05, 0.1) is 17.9 Å². The van der Waals surface area contributed by atoms with E-state index in [9.17, 15) is 18.0 Å². The second-order valence-electron chi connectivity index (χ2n) is 5.52. The maximum atomic E-state index is 12.9. The molecule has 0 bridgehead atoms. The maximum absolute atomic E-state index is 12.9. The van der Waals surface area contributed by atoms with Crippen molar-refractivity contribution in [1.29, 1.82) is 0 Å². The topological polar surface area (TPSA) is 47.6 Å². The summed E-state index contributed by atoms with van der Waals surface area (Å²) in [6.45, 7) is 0.471. The molecule has 1 amide bonds. The van der Waals surface area contributed by atoms with E-state index < -0.39 is 11.7 Å². The Hall–Kier alpha value is -2.02. The lowest BCUT2D eigenvalue weighted by molar-refractivity contribution is -0.137. The Morgan fingerprint density at radius 2 is 2.08 bits per heavy atom. The first kappa shape index (κ1) is 18.3. The van der Waals surface area contributed by atoms with Gasteiger partial charge in [0.1, 0.15) is 12.4 Å². The first-order chi connectivity index (χ1) is 11.4. The van der Waals surface area contributed by atoms with Crippen LogP contribution < -0.4 is 10.1 Å². The largest absolute Gasteiger partial charge is 0.489 e. The monoisotopic (exact) mass is 343 g/mol. The van der Waals surface area contributed by atoms with Crippen LogP contribution in [-0.2, 0) is 15.7 Å². The summed E-state index contributed by atoms with van der Waals surface area (Å²) in [5.41, 5.74) is -0.805. The second-order valence-corrected chi connectivity index (χ2v) is 5.52. The minimum Gasteiger partial charge on any atom is -0.489 e. The summed E-state index contributed by atoms with van der Waals surface area (Å²) in [5, 5.41) is 2.58. The van der Waals surface area contributed by atoms with E-state index >= 15 is 0 Å².